The molecule has 1 unspecified atom stereocenters. The van der Waals surface area contributed by atoms with Crippen molar-refractivity contribution in [1.29, 1.82) is 0 Å². The Morgan fingerprint density at radius 1 is 1.45 bits per heavy atom. The lowest BCUT2D eigenvalue weighted by molar-refractivity contribution is -0.137. The van der Waals surface area contributed by atoms with Gasteiger partial charge in [0.1, 0.15) is 0 Å². The summed E-state index contributed by atoms with van der Waals surface area (Å²) in [6.07, 6.45) is -4.46. The molecule has 0 spiro atoms. The van der Waals surface area contributed by atoms with E-state index in [1.807, 2.05) is 13.8 Å². The van der Waals surface area contributed by atoms with E-state index < -0.39 is 17.6 Å². The molecule has 0 saturated heterocycles. The van der Waals surface area contributed by atoms with Crippen molar-refractivity contribution in [2.24, 2.45) is 0 Å². The Morgan fingerprint density at radius 2 is 2.10 bits per heavy atom. The Morgan fingerprint density at radius 3 is 2.65 bits per heavy atom. The first-order valence-electron chi connectivity index (χ1n) is 6.01. The molecule has 1 aromatic carbocycles. The summed E-state index contributed by atoms with van der Waals surface area (Å²) < 4.78 is 38.3. The van der Waals surface area contributed by atoms with Crippen molar-refractivity contribution in [3.05, 3.63) is 33.8 Å². The van der Waals surface area contributed by atoms with E-state index in [-0.39, 0.29) is 11.6 Å². The average molecular weight is 370 g/mol. The highest BCUT2D eigenvalue weighted by Gasteiger charge is 2.31. The van der Waals surface area contributed by atoms with Crippen LogP contribution in [0.25, 0.3) is 0 Å². The second-order valence-corrected chi connectivity index (χ2v) is 6.40. The largest absolute Gasteiger partial charge is 0.416 e. The Hall–Kier alpha value is -0.690. The van der Waals surface area contributed by atoms with Crippen LogP contribution in [0.2, 0.25) is 0 Å². The highest BCUT2D eigenvalue weighted by Crippen LogP contribution is 2.31. The van der Waals surface area contributed by atoms with E-state index in [4.69, 9.17) is 0 Å². The van der Waals surface area contributed by atoms with Crippen LogP contribution in [0.5, 0.6) is 0 Å². The lowest BCUT2D eigenvalue weighted by Gasteiger charge is -2.15. The molecule has 0 heterocycles. The quantitative estimate of drug-likeness (QED) is 0.836. The number of amides is 1. The highest BCUT2D eigenvalue weighted by atomic mass is 79.9. The fourth-order valence-electron chi connectivity index (χ4n) is 1.51. The summed E-state index contributed by atoms with van der Waals surface area (Å²) in [4.78, 5) is 12.0. The number of nitrogens with one attached hydrogen (secondary N) is 1. The maximum atomic E-state index is 12.6. The molecule has 0 fully saturated rings. The molecule has 0 aliphatic heterocycles. The van der Waals surface area contributed by atoms with E-state index in [0.29, 0.717) is 4.47 Å². The molecule has 20 heavy (non-hydrogen) atoms. The number of benzene rings is 1. The second kappa shape index (κ2) is 7.36. The molecule has 2 nitrogen and oxygen atoms in total. The summed E-state index contributed by atoms with van der Waals surface area (Å²) in [7, 11) is 0. The number of carbonyl (C=O) groups excluding carboxylic acids is 1. The minimum absolute atomic E-state index is 0.00632. The Balaban J connectivity index is 2.87. The summed E-state index contributed by atoms with van der Waals surface area (Å²) in [6.45, 7) is 3.82. The number of rotatable bonds is 5. The van der Waals surface area contributed by atoms with E-state index in [2.05, 4.69) is 21.2 Å². The van der Waals surface area contributed by atoms with E-state index in [9.17, 15) is 18.0 Å². The van der Waals surface area contributed by atoms with Gasteiger partial charge in [-0.1, -0.05) is 6.92 Å². The van der Waals surface area contributed by atoms with Gasteiger partial charge in [0.25, 0.3) is 5.91 Å². The van der Waals surface area contributed by atoms with E-state index in [1.54, 1.807) is 11.8 Å². The van der Waals surface area contributed by atoms with Gasteiger partial charge < -0.3 is 5.32 Å². The summed E-state index contributed by atoms with van der Waals surface area (Å²) in [6, 6.07) is 2.94. The zero-order valence-corrected chi connectivity index (χ0v) is 13.5. The summed E-state index contributed by atoms with van der Waals surface area (Å²) in [5, 5.41) is 2.69. The molecule has 1 amide bonds. The molecular formula is C13H15BrF3NOS. The Labute approximate surface area is 128 Å². The lowest BCUT2D eigenvalue weighted by Crippen LogP contribution is -2.34. The smallest absolute Gasteiger partial charge is 0.349 e. The molecule has 0 bridgehead atoms. The summed E-state index contributed by atoms with van der Waals surface area (Å²) in [5.74, 6) is 1.14. The standard InChI is InChI=1S/C13H15BrF3NOS/c1-3-20-7-8(2)18-12(19)10-6-9(13(15,16)17)4-5-11(10)14/h4-6,8H,3,7H2,1-2H3,(H,18,19). The fraction of sp³-hybridized carbons (Fsp3) is 0.462. The minimum Gasteiger partial charge on any atom is -0.349 e. The third-order valence-electron chi connectivity index (χ3n) is 2.49. The Bertz CT molecular complexity index is 479. The van der Waals surface area contributed by atoms with Gasteiger partial charge in [-0.2, -0.15) is 24.9 Å². The SMILES string of the molecule is CCSCC(C)NC(=O)c1cc(C(F)(F)F)ccc1Br. The topological polar surface area (TPSA) is 29.1 Å². The molecule has 0 aliphatic rings. The van der Waals surface area contributed by atoms with E-state index >= 15 is 0 Å². The molecule has 1 rings (SSSR count). The van der Waals surface area contributed by atoms with Crippen molar-refractivity contribution in [3.8, 4) is 0 Å². The number of carbonyl (C=O) groups is 1. The van der Waals surface area contributed by atoms with Crippen LogP contribution in [0.3, 0.4) is 0 Å². The van der Waals surface area contributed by atoms with Gasteiger partial charge in [-0.15, -0.1) is 0 Å². The van der Waals surface area contributed by atoms with E-state index in [1.165, 1.54) is 6.07 Å². The monoisotopic (exact) mass is 369 g/mol. The van der Waals surface area contributed by atoms with Gasteiger partial charge in [-0.3, -0.25) is 4.79 Å². The number of halogens is 4. The van der Waals surface area contributed by atoms with Gasteiger partial charge in [0.05, 0.1) is 11.1 Å². The van der Waals surface area contributed by atoms with Crippen molar-refractivity contribution in [2.75, 3.05) is 11.5 Å². The third-order valence-corrected chi connectivity index (χ3v) is 4.32. The molecule has 0 saturated carbocycles. The first kappa shape index (κ1) is 17.4. The molecule has 0 aromatic heterocycles. The summed E-state index contributed by atoms with van der Waals surface area (Å²) >= 11 is 4.77. The van der Waals surface area contributed by atoms with Gasteiger partial charge in [-0.25, -0.2) is 0 Å². The fourth-order valence-corrected chi connectivity index (χ4v) is 2.61. The van der Waals surface area contributed by atoms with Crippen LogP contribution in [-0.4, -0.2) is 23.5 Å². The zero-order valence-electron chi connectivity index (χ0n) is 11.1. The maximum absolute atomic E-state index is 12.6. The normalized spacial score (nSPS) is 13.1. The number of hydrogen-bond acceptors (Lipinski definition) is 2. The van der Waals surface area contributed by atoms with Gasteiger partial charge in [0.15, 0.2) is 0 Å². The Kier molecular flexibility index (Phi) is 6.39. The van der Waals surface area contributed by atoms with Gasteiger partial charge in [0, 0.05) is 16.3 Å². The zero-order chi connectivity index (χ0) is 15.3. The van der Waals surface area contributed by atoms with Crippen LogP contribution in [0.15, 0.2) is 22.7 Å². The van der Waals surface area contributed by atoms with Crippen LogP contribution in [0, 0.1) is 0 Å². The van der Waals surface area contributed by atoms with Crippen LogP contribution in [-0.2, 0) is 6.18 Å². The molecule has 1 atom stereocenters. The third kappa shape index (κ3) is 5.01. The van der Waals surface area contributed by atoms with Gasteiger partial charge >= 0.3 is 6.18 Å². The first-order chi connectivity index (χ1) is 9.25. The van der Waals surface area contributed by atoms with Crippen LogP contribution < -0.4 is 5.32 Å². The van der Waals surface area contributed by atoms with Crippen LogP contribution in [0.4, 0.5) is 13.2 Å². The van der Waals surface area contributed by atoms with Crippen molar-refractivity contribution in [1.82, 2.24) is 5.32 Å². The molecule has 0 aliphatic carbocycles. The predicted molar refractivity (Wildman–Crippen MR) is 79.1 cm³/mol. The van der Waals surface area contributed by atoms with Crippen molar-refractivity contribution >= 4 is 33.6 Å². The number of hydrogen-bond donors (Lipinski definition) is 1. The van der Waals surface area contributed by atoms with Crippen LogP contribution in [0.1, 0.15) is 29.8 Å². The van der Waals surface area contributed by atoms with Crippen molar-refractivity contribution in [3.63, 3.8) is 0 Å². The van der Waals surface area contributed by atoms with Crippen molar-refractivity contribution < 1.29 is 18.0 Å². The molecule has 1 aromatic rings. The number of alkyl halides is 3. The van der Waals surface area contributed by atoms with Crippen LogP contribution >= 0.6 is 27.7 Å². The minimum atomic E-state index is -4.46. The second-order valence-electron chi connectivity index (χ2n) is 4.23. The van der Waals surface area contributed by atoms with Crippen molar-refractivity contribution in [2.45, 2.75) is 26.1 Å². The lowest BCUT2D eigenvalue weighted by atomic mass is 10.1. The number of thioether (sulfide) groups is 1. The average Bonchev–Trinajstić information content (AvgIpc) is 2.35. The molecule has 0 radical (unpaired) electrons. The predicted octanol–water partition coefficient (Wildman–Crippen LogP) is 4.34. The summed E-state index contributed by atoms with van der Waals surface area (Å²) in [5.41, 5.74) is -0.838. The van der Waals surface area contributed by atoms with E-state index in [0.717, 1.165) is 23.6 Å². The highest BCUT2D eigenvalue weighted by molar-refractivity contribution is 9.10. The molecule has 7 heteroatoms. The molecular weight excluding hydrogens is 355 g/mol. The first-order valence-corrected chi connectivity index (χ1v) is 7.95. The molecule has 1 N–H and O–H groups in total. The van der Waals surface area contributed by atoms with Gasteiger partial charge in [-0.05, 0) is 46.8 Å². The molecule has 112 valence electrons. The van der Waals surface area contributed by atoms with Gasteiger partial charge in [0.2, 0.25) is 0 Å². The maximum Gasteiger partial charge on any atom is 0.416 e.